The van der Waals surface area contributed by atoms with Crippen molar-refractivity contribution in [3.05, 3.63) is 16.5 Å². The molecule has 0 saturated heterocycles. The number of hydrogen-bond donors (Lipinski definition) is 1. The Morgan fingerprint density at radius 3 is 2.54 bits per heavy atom. The second-order valence-corrected chi connectivity index (χ2v) is 5.28. The van der Waals surface area contributed by atoms with Gasteiger partial charge in [-0.2, -0.15) is 0 Å². The van der Waals surface area contributed by atoms with E-state index in [1.807, 2.05) is 0 Å². The average molecular weight is 195 g/mol. The third-order valence-corrected chi connectivity index (χ3v) is 3.92. The van der Waals surface area contributed by atoms with Crippen LogP contribution in [0.5, 0.6) is 0 Å². The fourth-order valence-corrected chi connectivity index (χ4v) is 3.22. The van der Waals surface area contributed by atoms with Crippen LogP contribution >= 0.6 is 11.3 Å². The van der Waals surface area contributed by atoms with Crippen LogP contribution < -0.4 is 5.73 Å². The Labute approximate surface area is 84.0 Å². The molecule has 0 amide bonds. The van der Waals surface area contributed by atoms with Gasteiger partial charge < -0.3 is 5.73 Å². The zero-order valence-corrected chi connectivity index (χ0v) is 8.99. The average Bonchev–Trinajstić information content (AvgIpc) is 2.47. The number of hydrogen-bond acceptors (Lipinski definition) is 2. The first-order valence-corrected chi connectivity index (χ1v) is 5.95. The van der Waals surface area contributed by atoms with Gasteiger partial charge in [0.05, 0.1) is 5.00 Å². The van der Waals surface area contributed by atoms with Crippen LogP contribution in [0.15, 0.2) is 6.07 Å². The summed E-state index contributed by atoms with van der Waals surface area (Å²) in [6.45, 7) is 2.20. The van der Waals surface area contributed by atoms with Gasteiger partial charge in [-0.25, -0.2) is 0 Å². The third-order valence-electron chi connectivity index (χ3n) is 3.02. The Morgan fingerprint density at radius 1 is 1.31 bits per heavy atom. The van der Waals surface area contributed by atoms with Gasteiger partial charge in [0.15, 0.2) is 0 Å². The topological polar surface area (TPSA) is 26.0 Å². The molecule has 2 N–H and O–H groups in total. The highest BCUT2D eigenvalue weighted by atomic mass is 32.1. The molecule has 0 bridgehead atoms. The maximum absolute atomic E-state index is 5.80. The van der Waals surface area contributed by atoms with E-state index in [0.29, 0.717) is 0 Å². The molecule has 0 atom stereocenters. The molecule has 2 heteroatoms. The van der Waals surface area contributed by atoms with Gasteiger partial charge in [0.2, 0.25) is 0 Å². The molecule has 1 nitrogen and oxygen atoms in total. The summed E-state index contributed by atoms with van der Waals surface area (Å²) in [5, 5.41) is 0.984. The molecular formula is C11H17NS. The second-order valence-electron chi connectivity index (χ2n) is 4.00. The minimum Gasteiger partial charge on any atom is -0.391 e. The molecule has 1 fully saturated rings. The predicted molar refractivity (Wildman–Crippen MR) is 59.3 cm³/mol. The Morgan fingerprint density at radius 2 is 2.00 bits per heavy atom. The minimum atomic E-state index is 0.808. The molecule has 1 saturated carbocycles. The fourth-order valence-electron chi connectivity index (χ4n) is 2.34. The monoisotopic (exact) mass is 195 g/mol. The zero-order valence-electron chi connectivity index (χ0n) is 8.18. The third kappa shape index (κ3) is 1.88. The first-order chi connectivity index (χ1) is 6.27. The number of aryl methyl sites for hydroxylation is 1. The Kier molecular flexibility index (Phi) is 2.58. The molecule has 0 unspecified atom stereocenters. The van der Waals surface area contributed by atoms with E-state index in [9.17, 15) is 0 Å². The SMILES string of the molecule is Cc1sc(N)cc1C1CCCCC1. The maximum atomic E-state index is 5.80. The second kappa shape index (κ2) is 3.70. The van der Waals surface area contributed by atoms with Crippen LogP contribution in [0.25, 0.3) is 0 Å². The Bertz CT molecular complexity index is 284. The lowest BCUT2D eigenvalue weighted by molar-refractivity contribution is 0.443. The van der Waals surface area contributed by atoms with Crippen molar-refractivity contribution in [2.24, 2.45) is 0 Å². The molecular weight excluding hydrogens is 178 g/mol. The highest BCUT2D eigenvalue weighted by molar-refractivity contribution is 7.16. The lowest BCUT2D eigenvalue weighted by Crippen LogP contribution is -2.04. The van der Waals surface area contributed by atoms with E-state index in [1.165, 1.54) is 42.5 Å². The van der Waals surface area contributed by atoms with Crippen LogP contribution in [-0.4, -0.2) is 0 Å². The van der Waals surface area contributed by atoms with Gasteiger partial charge in [0.1, 0.15) is 0 Å². The van der Waals surface area contributed by atoms with E-state index in [2.05, 4.69) is 13.0 Å². The van der Waals surface area contributed by atoms with Crippen molar-refractivity contribution in [1.82, 2.24) is 0 Å². The Balaban J connectivity index is 2.18. The van der Waals surface area contributed by atoms with Crippen molar-refractivity contribution in [2.45, 2.75) is 44.9 Å². The summed E-state index contributed by atoms with van der Waals surface area (Å²) in [5.74, 6) is 0.808. The number of thiophene rings is 1. The smallest absolute Gasteiger partial charge is 0.0862 e. The van der Waals surface area contributed by atoms with Crippen LogP contribution in [-0.2, 0) is 0 Å². The van der Waals surface area contributed by atoms with Crippen LogP contribution in [0, 0.1) is 6.92 Å². The molecule has 1 aliphatic carbocycles. The van der Waals surface area contributed by atoms with E-state index >= 15 is 0 Å². The highest BCUT2D eigenvalue weighted by Crippen LogP contribution is 2.38. The van der Waals surface area contributed by atoms with E-state index in [-0.39, 0.29) is 0 Å². The first kappa shape index (κ1) is 9.07. The predicted octanol–water partition coefficient (Wildman–Crippen LogP) is 3.69. The summed E-state index contributed by atoms with van der Waals surface area (Å²) in [4.78, 5) is 1.43. The zero-order chi connectivity index (χ0) is 9.26. The fraction of sp³-hybridized carbons (Fsp3) is 0.636. The van der Waals surface area contributed by atoms with Gasteiger partial charge in [0.25, 0.3) is 0 Å². The van der Waals surface area contributed by atoms with E-state index in [1.54, 1.807) is 11.3 Å². The summed E-state index contributed by atoms with van der Waals surface area (Å²) in [7, 11) is 0. The molecule has 1 heterocycles. The summed E-state index contributed by atoms with van der Waals surface area (Å²) >= 11 is 1.74. The largest absolute Gasteiger partial charge is 0.391 e. The van der Waals surface area contributed by atoms with E-state index in [0.717, 1.165) is 10.9 Å². The number of nitrogens with two attached hydrogens (primary N) is 1. The quantitative estimate of drug-likeness (QED) is 0.726. The van der Waals surface area contributed by atoms with Gasteiger partial charge in [-0.05, 0) is 37.3 Å². The van der Waals surface area contributed by atoms with Gasteiger partial charge in [0, 0.05) is 4.88 Å². The number of nitrogen functional groups attached to an aromatic ring is 1. The molecule has 0 spiro atoms. The van der Waals surface area contributed by atoms with Crippen LogP contribution in [0.2, 0.25) is 0 Å². The van der Waals surface area contributed by atoms with Gasteiger partial charge >= 0.3 is 0 Å². The molecule has 72 valence electrons. The molecule has 13 heavy (non-hydrogen) atoms. The van der Waals surface area contributed by atoms with Gasteiger partial charge in [-0.1, -0.05) is 19.3 Å². The highest BCUT2D eigenvalue weighted by Gasteiger charge is 2.18. The summed E-state index contributed by atoms with van der Waals surface area (Å²) in [5.41, 5.74) is 7.33. The molecule has 2 rings (SSSR count). The van der Waals surface area contributed by atoms with Crippen molar-refractivity contribution in [3.8, 4) is 0 Å². The summed E-state index contributed by atoms with van der Waals surface area (Å²) < 4.78 is 0. The maximum Gasteiger partial charge on any atom is 0.0862 e. The summed E-state index contributed by atoms with van der Waals surface area (Å²) in [6, 6.07) is 2.19. The lowest BCUT2D eigenvalue weighted by atomic mass is 9.84. The molecule has 0 aromatic carbocycles. The number of anilines is 1. The molecule has 0 aliphatic heterocycles. The van der Waals surface area contributed by atoms with Gasteiger partial charge in [-0.15, -0.1) is 11.3 Å². The molecule has 1 aliphatic rings. The van der Waals surface area contributed by atoms with Crippen molar-refractivity contribution in [3.63, 3.8) is 0 Å². The van der Waals surface area contributed by atoms with Crippen molar-refractivity contribution < 1.29 is 0 Å². The van der Waals surface area contributed by atoms with Gasteiger partial charge in [-0.3, -0.25) is 0 Å². The van der Waals surface area contributed by atoms with Crippen LogP contribution in [0.3, 0.4) is 0 Å². The van der Waals surface area contributed by atoms with Crippen molar-refractivity contribution >= 4 is 16.3 Å². The minimum absolute atomic E-state index is 0.808. The first-order valence-electron chi connectivity index (χ1n) is 5.13. The summed E-state index contributed by atoms with van der Waals surface area (Å²) in [6.07, 6.45) is 6.98. The molecule has 1 aromatic rings. The van der Waals surface area contributed by atoms with E-state index < -0.39 is 0 Å². The van der Waals surface area contributed by atoms with Crippen molar-refractivity contribution in [1.29, 1.82) is 0 Å². The standard InChI is InChI=1S/C11H17NS/c1-8-10(7-11(12)13-8)9-5-3-2-4-6-9/h7,9H,2-6,12H2,1H3. The van der Waals surface area contributed by atoms with E-state index in [4.69, 9.17) is 5.73 Å². The lowest BCUT2D eigenvalue weighted by Gasteiger charge is -2.21. The Hall–Kier alpha value is -0.500. The number of rotatable bonds is 1. The molecule has 1 aromatic heterocycles. The molecule has 0 radical (unpaired) electrons. The van der Waals surface area contributed by atoms with Crippen LogP contribution in [0.1, 0.15) is 48.5 Å². The van der Waals surface area contributed by atoms with Crippen molar-refractivity contribution in [2.75, 3.05) is 5.73 Å². The van der Waals surface area contributed by atoms with Crippen LogP contribution in [0.4, 0.5) is 5.00 Å². The normalized spacial score (nSPS) is 19.2.